The van der Waals surface area contributed by atoms with E-state index in [2.05, 4.69) is 24.1 Å². The lowest BCUT2D eigenvalue weighted by molar-refractivity contribution is 0.107. The van der Waals surface area contributed by atoms with Crippen LogP contribution in [0.2, 0.25) is 0 Å². The van der Waals surface area contributed by atoms with E-state index in [-0.39, 0.29) is 0 Å². The van der Waals surface area contributed by atoms with Crippen LogP contribution in [0.1, 0.15) is 69.1 Å². The minimum Gasteiger partial charge on any atom is -0.291 e. The topological polar surface area (TPSA) is 16.1 Å². The minimum absolute atomic E-state index is 0.482. The van der Waals surface area contributed by atoms with Gasteiger partial charge in [0.15, 0.2) is 0 Å². The Balaban J connectivity index is 2.12. The summed E-state index contributed by atoms with van der Waals surface area (Å²) in [5.41, 5.74) is 1.03. The first-order valence-electron chi connectivity index (χ1n) is 7.56. The number of rotatable bonds is 6. The molecule has 1 aromatic heterocycles. The third-order valence-corrected chi connectivity index (χ3v) is 5.46. The average molecular weight is 301 g/mol. The van der Waals surface area contributed by atoms with E-state index in [4.69, 9.17) is 16.6 Å². The van der Waals surface area contributed by atoms with Gasteiger partial charge < -0.3 is 0 Å². The van der Waals surface area contributed by atoms with Crippen molar-refractivity contribution in [2.24, 2.45) is 0 Å². The summed E-state index contributed by atoms with van der Waals surface area (Å²) in [7, 11) is 0. The molecule has 0 radical (unpaired) electrons. The van der Waals surface area contributed by atoms with Gasteiger partial charge in [-0.1, -0.05) is 33.1 Å². The van der Waals surface area contributed by atoms with E-state index in [9.17, 15) is 0 Å². The average Bonchev–Trinajstić information content (AvgIpc) is 2.94. The number of thiazole rings is 1. The van der Waals surface area contributed by atoms with E-state index >= 15 is 0 Å². The maximum absolute atomic E-state index is 5.88. The van der Waals surface area contributed by atoms with Crippen molar-refractivity contribution in [3.63, 3.8) is 0 Å². The summed E-state index contributed by atoms with van der Waals surface area (Å²) in [4.78, 5) is 7.39. The summed E-state index contributed by atoms with van der Waals surface area (Å²) < 4.78 is 0. The van der Waals surface area contributed by atoms with Crippen molar-refractivity contribution in [1.82, 2.24) is 9.88 Å². The highest BCUT2D eigenvalue weighted by molar-refractivity contribution is 7.09. The minimum atomic E-state index is 0.482. The number of nitrogens with zero attached hydrogens (tertiary/aromatic N) is 2. The smallest absolute Gasteiger partial charge is 0.110 e. The molecule has 0 saturated heterocycles. The largest absolute Gasteiger partial charge is 0.291 e. The number of hydrogen-bond acceptors (Lipinski definition) is 3. The van der Waals surface area contributed by atoms with Crippen LogP contribution in [0.15, 0.2) is 5.38 Å². The van der Waals surface area contributed by atoms with Crippen molar-refractivity contribution in [3.05, 3.63) is 16.1 Å². The molecule has 1 aromatic rings. The van der Waals surface area contributed by atoms with Crippen LogP contribution in [0.25, 0.3) is 0 Å². The van der Waals surface area contributed by atoms with Gasteiger partial charge in [-0.2, -0.15) is 0 Å². The molecule has 0 amide bonds. The quantitative estimate of drug-likeness (QED) is 0.688. The lowest BCUT2D eigenvalue weighted by Gasteiger charge is -2.38. The molecule has 0 aliphatic heterocycles. The first-order valence-corrected chi connectivity index (χ1v) is 8.97. The molecule has 1 aliphatic carbocycles. The zero-order valence-corrected chi connectivity index (χ0v) is 13.6. The molecule has 0 spiro atoms. The van der Waals surface area contributed by atoms with E-state index in [0.29, 0.717) is 11.9 Å². The van der Waals surface area contributed by atoms with Crippen LogP contribution in [-0.4, -0.2) is 22.5 Å². The van der Waals surface area contributed by atoms with Crippen molar-refractivity contribution >= 4 is 22.9 Å². The second kappa shape index (κ2) is 7.61. The summed E-state index contributed by atoms with van der Waals surface area (Å²) >= 11 is 7.66. The fourth-order valence-electron chi connectivity index (χ4n) is 3.23. The fourth-order valence-corrected chi connectivity index (χ4v) is 4.48. The van der Waals surface area contributed by atoms with Crippen LogP contribution >= 0.6 is 22.9 Å². The Hall–Kier alpha value is -0.120. The van der Waals surface area contributed by atoms with Crippen LogP contribution < -0.4 is 0 Å². The standard InChI is InChI=1S/C15H25ClN2S/c1-3-14(15-17-12(10-16)11-19-15)18(4-2)13-8-6-5-7-9-13/h11,13-14H,3-10H2,1-2H3. The molecule has 1 aliphatic rings. The van der Waals surface area contributed by atoms with E-state index in [1.54, 1.807) is 11.3 Å². The third kappa shape index (κ3) is 3.71. The van der Waals surface area contributed by atoms with Crippen LogP contribution in [0.3, 0.4) is 0 Å². The van der Waals surface area contributed by atoms with Crippen molar-refractivity contribution in [3.8, 4) is 0 Å². The van der Waals surface area contributed by atoms with E-state index in [1.807, 2.05) is 0 Å². The summed E-state index contributed by atoms with van der Waals surface area (Å²) in [6.45, 7) is 5.68. The maximum atomic E-state index is 5.88. The SMILES string of the molecule is CCC(c1nc(CCl)cs1)N(CC)C1CCCCC1. The Bertz CT molecular complexity index is 374. The third-order valence-electron chi connectivity index (χ3n) is 4.19. The molecular formula is C15H25ClN2S. The number of aromatic nitrogens is 1. The van der Waals surface area contributed by atoms with Gasteiger partial charge in [-0.15, -0.1) is 22.9 Å². The molecule has 1 saturated carbocycles. The fraction of sp³-hybridized carbons (Fsp3) is 0.800. The summed E-state index contributed by atoms with van der Waals surface area (Å²) in [5, 5.41) is 3.37. The molecular weight excluding hydrogens is 276 g/mol. The first kappa shape index (κ1) is 15.3. The van der Waals surface area contributed by atoms with Gasteiger partial charge in [0.2, 0.25) is 0 Å². The summed E-state index contributed by atoms with van der Waals surface area (Å²) in [6, 6.07) is 1.24. The van der Waals surface area contributed by atoms with Crippen molar-refractivity contribution in [2.75, 3.05) is 6.54 Å². The molecule has 1 atom stereocenters. The van der Waals surface area contributed by atoms with Gasteiger partial charge in [0, 0.05) is 11.4 Å². The number of alkyl halides is 1. The number of halogens is 1. The van der Waals surface area contributed by atoms with Gasteiger partial charge in [-0.3, -0.25) is 4.90 Å². The molecule has 2 nitrogen and oxygen atoms in total. The molecule has 108 valence electrons. The molecule has 1 unspecified atom stereocenters. The summed E-state index contributed by atoms with van der Waals surface area (Å²) in [5.74, 6) is 0.530. The van der Waals surface area contributed by atoms with Gasteiger partial charge in [0.05, 0.1) is 17.6 Å². The van der Waals surface area contributed by atoms with Crippen LogP contribution in [-0.2, 0) is 5.88 Å². The highest BCUT2D eigenvalue weighted by Crippen LogP contribution is 2.33. The monoisotopic (exact) mass is 300 g/mol. The zero-order chi connectivity index (χ0) is 13.7. The van der Waals surface area contributed by atoms with E-state index in [0.717, 1.165) is 24.7 Å². The molecule has 2 rings (SSSR count). The Kier molecular flexibility index (Phi) is 6.11. The predicted octanol–water partition coefficient (Wildman–Crippen LogP) is 4.99. The lowest BCUT2D eigenvalue weighted by Crippen LogP contribution is -2.39. The van der Waals surface area contributed by atoms with Crippen LogP contribution in [0.5, 0.6) is 0 Å². The van der Waals surface area contributed by atoms with Crippen molar-refractivity contribution in [1.29, 1.82) is 0 Å². The van der Waals surface area contributed by atoms with Gasteiger partial charge in [-0.25, -0.2) is 4.98 Å². The Labute approximate surface area is 126 Å². The molecule has 1 fully saturated rings. The zero-order valence-electron chi connectivity index (χ0n) is 12.1. The van der Waals surface area contributed by atoms with Crippen LogP contribution in [0.4, 0.5) is 0 Å². The molecule has 0 bridgehead atoms. The highest BCUT2D eigenvalue weighted by Gasteiger charge is 2.28. The highest BCUT2D eigenvalue weighted by atomic mass is 35.5. The maximum Gasteiger partial charge on any atom is 0.110 e. The molecule has 1 heterocycles. The van der Waals surface area contributed by atoms with Gasteiger partial charge >= 0.3 is 0 Å². The number of hydrogen-bond donors (Lipinski definition) is 0. The normalized spacial score (nSPS) is 18.9. The predicted molar refractivity (Wildman–Crippen MR) is 84.0 cm³/mol. The van der Waals surface area contributed by atoms with E-state index in [1.165, 1.54) is 37.1 Å². The Morgan fingerprint density at radius 3 is 2.63 bits per heavy atom. The van der Waals surface area contributed by atoms with Gasteiger partial charge in [-0.05, 0) is 25.8 Å². The second-order valence-corrected chi connectivity index (χ2v) is 6.51. The van der Waals surface area contributed by atoms with Crippen molar-refractivity contribution < 1.29 is 0 Å². The lowest BCUT2D eigenvalue weighted by atomic mass is 9.93. The Morgan fingerprint density at radius 2 is 2.11 bits per heavy atom. The molecule has 4 heteroatoms. The van der Waals surface area contributed by atoms with Crippen LogP contribution in [0, 0.1) is 0 Å². The second-order valence-electron chi connectivity index (χ2n) is 5.36. The molecule has 0 aromatic carbocycles. The van der Waals surface area contributed by atoms with E-state index < -0.39 is 0 Å². The summed E-state index contributed by atoms with van der Waals surface area (Å²) in [6.07, 6.45) is 8.05. The molecule has 19 heavy (non-hydrogen) atoms. The molecule has 0 N–H and O–H groups in total. The van der Waals surface area contributed by atoms with Gasteiger partial charge in [0.1, 0.15) is 5.01 Å². The first-order chi connectivity index (χ1) is 9.30. The van der Waals surface area contributed by atoms with Crippen molar-refractivity contribution in [2.45, 2.75) is 70.3 Å². The van der Waals surface area contributed by atoms with Gasteiger partial charge in [0.25, 0.3) is 0 Å². The Morgan fingerprint density at radius 1 is 1.37 bits per heavy atom.